The minimum Gasteiger partial charge on any atom is -0.452 e. The highest BCUT2D eigenvalue weighted by Gasteiger charge is 2.34. The average molecular weight is 522 g/mol. The maximum absolute atomic E-state index is 8.49. The van der Waals surface area contributed by atoms with Crippen molar-refractivity contribution in [1.82, 2.24) is 4.58 Å². The number of benzene rings is 3. The number of fused-ring (bicyclic) bond motifs is 8. The van der Waals surface area contributed by atoms with Gasteiger partial charge in [0.15, 0.2) is 11.5 Å². The number of nitrogens with zero attached hydrogens (tertiary/aromatic N) is 2. The smallest absolute Gasteiger partial charge is 0.210 e. The van der Waals surface area contributed by atoms with Crippen molar-refractivity contribution in [2.24, 2.45) is 4.99 Å². The van der Waals surface area contributed by atoms with E-state index in [4.69, 9.17) is 28.4 Å². The van der Waals surface area contributed by atoms with Gasteiger partial charge in [0.2, 0.25) is 5.36 Å². The fourth-order valence-corrected chi connectivity index (χ4v) is 6.32. The molecule has 1 N–H and O–H groups in total. The monoisotopic (exact) mass is 521 g/mol. The number of ether oxygens (including phenoxy) is 1. The van der Waals surface area contributed by atoms with Crippen LogP contribution in [0, 0.1) is 10.2 Å². The molecule has 4 heterocycles. The number of rotatable bonds is 0. The predicted octanol–water partition coefficient (Wildman–Crippen LogP) is 0.132. The second kappa shape index (κ2) is 8.51. The Morgan fingerprint density at radius 3 is 2.41 bits per heavy atom. The van der Waals surface area contributed by atoms with E-state index in [2.05, 4.69) is 67.1 Å². The van der Waals surface area contributed by atoms with Gasteiger partial charge >= 0.3 is 0 Å². The van der Waals surface area contributed by atoms with E-state index in [0.717, 1.165) is 65.1 Å². The molecule has 8 nitrogen and oxygen atoms in total. The first-order valence-corrected chi connectivity index (χ1v) is 13.8. The number of hydrogen-bond acceptors (Lipinski definition) is 7. The first-order valence-electron chi connectivity index (χ1n) is 12.5. The van der Waals surface area contributed by atoms with E-state index in [-0.39, 0.29) is 5.54 Å². The van der Waals surface area contributed by atoms with Gasteiger partial charge in [0, 0.05) is 34.7 Å². The topological polar surface area (TPSA) is 129 Å². The van der Waals surface area contributed by atoms with Gasteiger partial charge < -0.3 is 10.1 Å². The molecule has 0 atom stereocenters. The van der Waals surface area contributed by atoms with Crippen LogP contribution >= 0.6 is 0 Å². The summed E-state index contributed by atoms with van der Waals surface area (Å²) in [6, 6.07) is 10.9. The van der Waals surface area contributed by atoms with Crippen LogP contribution < -0.4 is 44.0 Å². The van der Waals surface area contributed by atoms with E-state index in [1.165, 1.54) is 40.3 Å². The summed E-state index contributed by atoms with van der Waals surface area (Å²) in [6.45, 7) is 8.97. The molecule has 0 fully saturated rings. The van der Waals surface area contributed by atoms with Gasteiger partial charge in [-0.25, -0.2) is 28.2 Å². The lowest BCUT2D eigenvalue weighted by atomic mass is 9.87. The molecule has 0 aromatic heterocycles. The van der Waals surface area contributed by atoms with Crippen LogP contribution in [0.15, 0.2) is 41.4 Å². The van der Waals surface area contributed by atoms with E-state index in [1.807, 2.05) is 0 Å². The third-order valence-corrected chi connectivity index (χ3v) is 7.45. The van der Waals surface area contributed by atoms with Gasteiger partial charge in [0.1, 0.15) is 24.1 Å². The fraction of sp³-hybridized carbons (Fsp3) is 0.357. The maximum Gasteiger partial charge on any atom is 0.210 e. The molecule has 4 aliphatic heterocycles. The molecule has 0 spiro atoms. The summed E-state index contributed by atoms with van der Waals surface area (Å²) in [5, 5.41) is 8.57. The summed E-state index contributed by atoms with van der Waals surface area (Å²) in [5.74, 6) is 1.89. The quantitative estimate of drug-likeness (QED) is 0.327. The summed E-state index contributed by atoms with van der Waals surface area (Å²) in [5.41, 5.74) is 7.24. The number of allylic oxidation sites excluding steroid dienone is 1. The third kappa shape index (κ3) is 4.28. The van der Waals surface area contributed by atoms with Crippen molar-refractivity contribution >= 4 is 27.7 Å². The van der Waals surface area contributed by atoms with Crippen molar-refractivity contribution in [1.29, 1.82) is 0 Å². The van der Waals surface area contributed by atoms with E-state index < -0.39 is 10.2 Å². The van der Waals surface area contributed by atoms with Gasteiger partial charge in [0.25, 0.3) is 0 Å². The Morgan fingerprint density at radius 1 is 1.00 bits per heavy atom. The number of hydrogen-bond donors (Lipinski definition) is 1. The van der Waals surface area contributed by atoms with E-state index >= 15 is 0 Å². The van der Waals surface area contributed by atoms with Gasteiger partial charge in [-0.15, -0.1) is 10.2 Å². The summed E-state index contributed by atoms with van der Waals surface area (Å²) in [7, 11) is -4.94. The molecule has 7 rings (SSSR count). The summed E-state index contributed by atoms with van der Waals surface area (Å²) >= 11 is 0. The van der Waals surface area contributed by atoms with Crippen molar-refractivity contribution in [3.8, 4) is 11.5 Å². The molecular weight excluding hydrogens is 494 g/mol. The van der Waals surface area contributed by atoms with Crippen LogP contribution in [-0.4, -0.2) is 18.6 Å². The van der Waals surface area contributed by atoms with Gasteiger partial charge in [0.05, 0.1) is 16.8 Å². The molecule has 0 bridgehead atoms. The minimum absolute atomic E-state index is 0.108. The van der Waals surface area contributed by atoms with Crippen LogP contribution in [0.2, 0.25) is 0 Å². The Kier molecular flexibility index (Phi) is 5.60. The molecule has 4 aliphatic rings. The molecule has 0 amide bonds. The standard InChI is InChI=1S/C28H27N3O.ClHO4/c1-16-15-28(2,3)30-23-18-9-4-5-10-19(18)24-27(22(16)23)32-26-20-11-7-13-31-12-6-8-17(25(20)31)14-21(26)29-24;2-1(3,4)5/h4-5,9-10,14-15H,6-8,11-13H2,1-3H3;(H,2,3,4,5). The van der Waals surface area contributed by atoms with E-state index in [9.17, 15) is 0 Å². The minimum atomic E-state index is -4.94. The normalized spacial score (nSPS) is 18.5. The van der Waals surface area contributed by atoms with Crippen molar-refractivity contribution in [3.63, 3.8) is 0 Å². The first-order chi connectivity index (χ1) is 17.5. The Hall–Kier alpha value is -3.01. The second-order valence-corrected chi connectivity index (χ2v) is 11.4. The summed E-state index contributed by atoms with van der Waals surface area (Å²) in [4.78, 5) is 5.28. The highest BCUT2D eigenvalue weighted by Crippen LogP contribution is 2.52. The Morgan fingerprint density at radius 2 is 1.68 bits per heavy atom. The highest BCUT2D eigenvalue weighted by molar-refractivity contribution is 6.10. The van der Waals surface area contributed by atoms with E-state index in [1.54, 1.807) is 0 Å². The van der Waals surface area contributed by atoms with Gasteiger partial charge in [-0.3, -0.25) is 0 Å². The molecule has 0 aliphatic carbocycles. The molecule has 0 saturated heterocycles. The number of nitrogens with one attached hydrogen (secondary N) is 1. The number of halogens is 1. The van der Waals surface area contributed by atoms with Crippen molar-refractivity contribution in [2.45, 2.75) is 52.0 Å². The lowest BCUT2D eigenvalue weighted by Crippen LogP contribution is -2.68. The predicted molar refractivity (Wildman–Crippen MR) is 130 cm³/mol. The Labute approximate surface area is 216 Å². The van der Waals surface area contributed by atoms with Crippen molar-refractivity contribution in [2.75, 3.05) is 18.4 Å². The van der Waals surface area contributed by atoms with Crippen LogP contribution in [-0.2, 0) is 12.8 Å². The second-order valence-electron chi connectivity index (χ2n) is 10.6. The lowest BCUT2D eigenvalue weighted by Gasteiger charge is -2.34. The molecular formula is C28H28ClN3O5. The molecule has 0 unspecified atom stereocenters. The first kappa shape index (κ1) is 24.3. The maximum atomic E-state index is 8.49. The number of anilines is 1. The molecule has 3 aromatic rings. The van der Waals surface area contributed by atoms with Gasteiger partial charge in [-0.2, -0.15) is 0 Å². The SMILES string of the molecule is CC1=CC(C)(C)Nc2c1c1c(c3ccccc23)N=c2cc3c4c(c2O1)CCC[N+]=4CCC3.[O-][Cl+3]([O-])([O-])[O-]. The molecule has 9 heteroatoms. The van der Waals surface area contributed by atoms with Crippen LogP contribution in [0.3, 0.4) is 0 Å². The zero-order valence-corrected chi connectivity index (χ0v) is 21.8. The summed E-state index contributed by atoms with van der Waals surface area (Å²) in [6.07, 6.45) is 6.93. The molecule has 0 saturated carbocycles. The van der Waals surface area contributed by atoms with Crippen molar-refractivity contribution in [3.05, 3.63) is 63.8 Å². The largest absolute Gasteiger partial charge is 0.452 e. The molecule has 0 radical (unpaired) electrons. The third-order valence-electron chi connectivity index (χ3n) is 7.45. The average Bonchev–Trinajstić information content (AvgIpc) is 2.82. The van der Waals surface area contributed by atoms with Crippen LogP contribution in [0.1, 0.15) is 50.3 Å². The zero-order valence-electron chi connectivity index (χ0n) is 21.0. The molecule has 37 heavy (non-hydrogen) atoms. The van der Waals surface area contributed by atoms with Gasteiger partial charge in [-0.1, -0.05) is 30.3 Å². The van der Waals surface area contributed by atoms with Gasteiger partial charge in [-0.05, 0) is 45.3 Å². The van der Waals surface area contributed by atoms with E-state index in [0.29, 0.717) is 0 Å². The van der Waals surface area contributed by atoms with Crippen molar-refractivity contribution < 1.29 is 33.6 Å². The number of aryl methyl sites for hydroxylation is 1. The Bertz CT molecular complexity index is 1610. The molecule has 192 valence electrons. The fourth-order valence-electron chi connectivity index (χ4n) is 6.32. The van der Waals surface area contributed by atoms with Crippen LogP contribution in [0.25, 0.3) is 16.3 Å². The lowest BCUT2D eigenvalue weighted by molar-refractivity contribution is -2.00. The molecule has 3 aromatic carbocycles. The summed E-state index contributed by atoms with van der Waals surface area (Å²) < 4.78 is 43.4. The Balaban J connectivity index is 0.000000463. The highest BCUT2D eigenvalue weighted by atomic mass is 35.7. The van der Waals surface area contributed by atoms with Crippen LogP contribution in [0.5, 0.6) is 11.5 Å². The van der Waals surface area contributed by atoms with Crippen LogP contribution in [0.4, 0.5) is 11.4 Å². The zero-order chi connectivity index (χ0) is 26.1.